The molecule has 1 aromatic heterocycles. The van der Waals surface area contributed by atoms with Crippen molar-refractivity contribution in [2.24, 2.45) is 17.4 Å². The molecular formula is C15H19N5O. The van der Waals surface area contributed by atoms with Crippen LogP contribution in [-0.2, 0) is 0 Å². The van der Waals surface area contributed by atoms with E-state index in [1.165, 1.54) is 12.7 Å². The van der Waals surface area contributed by atoms with Crippen molar-refractivity contribution in [2.45, 2.75) is 12.8 Å². The molecule has 0 aliphatic carbocycles. The van der Waals surface area contributed by atoms with Gasteiger partial charge in [-0.25, -0.2) is 9.97 Å². The van der Waals surface area contributed by atoms with Crippen molar-refractivity contribution in [2.75, 3.05) is 24.5 Å². The number of carbonyl (C=O) groups is 1. The van der Waals surface area contributed by atoms with E-state index in [2.05, 4.69) is 14.9 Å². The summed E-state index contributed by atoms with van der Waals surface area (Å²) in [6.07, 6.45) is 3.82. The fourth-order valence-corrected chi connectivity index (χ4v) is 2.90. The number of fused-ring (bicyclic) bond motifs is 1. The molecule has 0 spiro atoms. The molecule has 1 aliphatic heterocycles. The third-order valence-electron chi connectivity index (χ3n) is 4.05. The van der Waals surface area contributed by atoms with Crippen LogP contribution in [-0.4, -0.2) is 35.5 Å². The lowest BCUT2D eigenvalue weighted by atomic mass is 9.98. The number of nitrogens with two attached hydrogens (primary N) is 2. The Morgan fingerprint density at radius 3 is 3.00 bits per heavy atom. The highest BCUT2D eigenvalue weighted by Gasteiger charge is 2.21. The normalized spacial score (nSPS) is 18.9. The number of piperidine rings is 1. The lowest BCUT2D eigenvalue weighted by molar-refractivity contribution is 0.100. The monoisotopic (exact) mass is 285 g/mol. The predicted molar refractivity (Wildman–Crippen MR) is 82.0 cm³/mol. The van der Waals surface area contributed by atoms with Gasteiger partial charge in [-0.3, -0.25) is 4.79 Å². The molecule has 1 atom stereocenters. The summed E-state index contributed by atoms with van der Waals surface area (Å²) in [4.78, 5) is 22.2. The van der Waals surface area contributed by atoms with Crippen molar-refractivity contribution >= 4 is 22.6 Å². The second-order valence-corrected chi connectivity index (χ2v) is 5.48. The molecule has 110 valence electrons. The van der Waals surface area contributed by atoms with E-state index < -0.39 is 5.91 Å². The highest BCUT2D eigenvalue weighted by Crippen LogP contribution is 2.27. The molecule has 2 aromatic rings. The summed E-state index contributed by atoms with van der Waals surface area (Å²) in [6, 6.07) is 5.31. The van der Waals surface area contributed by atoms with Gasteiger partial charge in [-0.1, -0.05) is 0 Å². The first-order valence-electron chi connectivity index (χ1n) is 7.18. The maximum Gasteiger partial charge on any atom is 0.248 e. The van der Waals surface area contributed by atoms with E-state index in [-0.39, 0.29) is 0 Å². The van der Waals surface area contributed by atoms with Gasteiger partial charge in [-0.15, -0.1) is 0 Å². The first kappa shape index (κ1) is 13.8. The predicted octanol–water partition coefficient (Wildman–Crippen LogP) is 0.904. The second kappa shape index (κ2) is 5.65. The van der Waals surface area contributed by atoms with Gasteiger partial charge in [0, 0.05) is 24.0 Å². The summed E-state index contributed by atoms with van der Waals surface area (Å²) < 4.78 is 0. The number of anilines is 1. The number of benzene rings is 1. The molecule has 1 fully saturated rings. The summed E-state index contributed by atoms with van der Waals surface area (Å²) in [5.41, 5.74) is 12.3. The molecule has 21 heavy (non-hydrogen) atoms. The van der Waals surface area contributed by atoms with Crippen LogP contribution in [0.15, 0.2) is 24.5 Å². The maximum absolute atomic E-state index is 11.3. The van der Waals surface area contributed by atoms with E-state index in [0.717, 1.165) is 36.2 Å². The Kier molecular flexibility index (Phi) is 3.70. The molecule has 3 rings (SSSR count). The minimum Gasteiger partial charge on any atom is -0.366 e. The van der Waals surface area contributed by atoms with Crippen molar-refractivity contribution in [1.29, 1.82) is 0 Å². The average Bonchev–Trinajstić information content (AvgIpc) is 2.53. The van der Waals surface area contributed by atoms with Crippen LogP contribution in [0.1, 0.15) is 23.2 Å². The average molecular weight is 285 g/mol. The van der Waals surface area contributed by atoms with E-state index in [0.29, 0.717) is 18.0 Å². The Balaban J connectivity index is 2.00. The number of nitrogens with zero attached hydrogens (tertiary/aromatic N) is 3. The third-order valence-corrected chi connectivity index (χ3v) is 4.05. The van der Waals surface area contributed by atoms with Crippen molar-refractivity contribution < 1.29 is 4.79 Å². The zero-order valence-electron chi connectivity index (χ0n) is 11.8. The largest absolute Gasteiger partial charge is 0.366 e. The van der Waals surface area contributed by atoms with Crippen LogP contribution in [0.5, 0.6) is 0 Å². The lowest BCUT2D eigenvalue weighted by Gasteiger charge is -2.33. The van der Waals surface area contributed by atoms with E-state index in [1.807, 2.05) is 6.07 Å². The molecule has 1 unspecified atom stereocenters. The summed E-state index contributed by atoms with van der Waals surface area (Å²) in [6.45, 7) is 2.59. The SMILES string of the molecule is NCC1CCCN(c2ncnc3cc(C(N)=O)ccc23)C1. The van der Waals surface area contributed by atoms with Gasteiger partial charge in [-0.2, -0.15) is 0 Å². The molecule has 1 amide bonds. The van der Waals surface area contributed by atoms with Crippen LogP contribution in [0.3, 0.4) is 0 Å². The second-order valence-electron chi connectivity index (χ2n) is 5.48. The van der Waals surface area contributed by atoms with Gasteiger partial charge in [0.15, 0.2) is 0 Å². The fourth-order valence-electron chi connectivity index (χ4n) is 2.90. The minimum atomic E-state index is -0.446. The zero-order valence-corrected chi connectivity index (χ0v) is 11.8. The fraction of sp³-hybridized carbons (Fsp3) is 0.400. The van der Waals surface area contributed by atoms with Crippen LogP contribution in [0, 0.1) is 5.92 Å². The molecule has 6 nitrogen and oxygen atoms in total. The Hall–Kier alpha value is -2.21. The van der Waals surface area contributed by atoms with E-state index in [4.69, 9.17) is 11.5 Å². The topological polar surface area (TPSA) is 98.1 Å². The quantitative estimate of drug-likeness (QED) is 0.873. The highest BCUT2D eigenvalue weighted by atomic mass is 16.1. The van der Waals surface area contributed by atoms with Crippen LogP contribution in [0.4, 0.5) is 5.82 Å². The number of rotatable bonds is 3. The van der Waals surface area contributed by atoms with Crippen molar-refractivity contribution in [3.63, 3.8) is 0 Å². The lowest BCUT2D eigenvalue weighted by Crippen LogP contribution is -2.38. The number of primary amides is 1. The summed E-state index contributed by atoms with van der Waals surface area (Å²) >= 11 is 0. The van der Waals surface area contributed by atoms with E-state index in [9.17, 15) is 4.79 Å². The zero-order chi connectivity index (χ0) is 14.8. The molecule has 4 N–H and O–H groups in total. The first-order valence-corrected chi connectivity index (χ1v) is 7.18. The van der Waals surface area contributed by atoms with Crippen molar-refractivity contribution in [1.82, 2.24) is 9.97 Å². The number of amides is 1. The molecule has 1 aliphatic rings. The first-order chi connectivity index (χ1) is 10.2. The molecule has 0 bridgehead atoms. The Morgan fingerprint density at radius 1 is 1.38 bits per heavy atom. The molecule has 1 aromatic carbocycles. The van der Waals surface area contributed by atoms with Crippen LogP contribution in [0.2, 0.25) is 0 Å². The Labute approximate surface area is 123 Å². The van der Waals surface area contributed by atoms with Gasteiger partial charge in [0.25, 0.3) is 0 Å². The molecule has 6 heteroatoms. The molecule has 0 saturated carbocycles. The Bertz CT molecular complexity index is 672. The number of aromatic nitrogens is 2. The molecule has 0 radical (unpaired) electrons. The third kappa shape index (κ3) is 2.67. The maximum atomic E-state index is 11.3. The standard InChI is InChI=1S/C15H19N5O/c16-7-10-2-1-5-20(8-10)15-12-4-3-11(14(17)21)6-13(12)18-9-19-15/h3-4,6,9-10H,1-2,5,7-8,16H2,(H2,17,21). The van der Waals surface area contributed by atoms with E-state index in [1.54, 1.807) is 12.1 Å². The summed E-state index contributed by atoms with van der Waals surface area (Å²) in [5.74, 6) is 0.973. The summed E-state index contributed by atoms with van der Waals surface area (Å²) in [5, 5.41) is 0.945. The number of carbonyl (C=O) groups excluding carboxylic acids is 1. The smallest absolute Gasteiger partial charge is 0.248 e. The number of hydrogen-bond acceptors (Lipinski definition) is 5. The molecular weight excluding hydrogens is 266 g/mol. The number of hydrogen-bond donors (Lipinski definition) is 2. The summed E-state index contributed by atoms with van der Waals surface area (Å²) in [7, 11) is 0. The minimum absolute atomic E-state index is 0.446. The van der Waals surface area contributed by atoms with Gasteiger partial charge in [0.1, 0.15) is 12.1 Å². The molecule has 1 saturated heterocycles. The van der Waals surface area contributed by atoms with Crippen molar-refractivity contribution in [3.05, 3.63) is 30.1 Å². The van der Waals surface area contributed by atoms with Gasteiger partial charge in [0.05, 0.1) is 5.52 Å². The Morgan fingerprint density at radius 2 is 2.24 bits per heavy atom. The van der Waals surface area contributed by atoms with Gasteiger partial charge in [0.2, 0.25) is 5.91 Å². The van der Waals surface area contributed by atoms with Crippen LogP contribution in [0.25, 0.3) is 10.9 Å². The van der Waals surface area contributed by atoms with Gasteiger partial charge < -0.3 is 16.4 Å². The van der Waals surface area contributed by atoms with Gasteiger partial charge >= 0.3 is 0 Å². The van der Waals surface area contributed by atoms with E-state index >= 15 is 0 Å². The van der Waals surface area contributed by atoms with Crippen LogP contribution >= 0.6 is 0 Å². The van der Waals surface area contributed by atoms with Gasteiger partial charge in [-0.05, 0) is 43.5 Å². The molecule has 2 heterocycles. The van der Waals surface area contributed by atoms with Crippen LogP contribution < -0.4 is 16.4 Å². The van der Waals surface area contributed by atoms with Crippen molar-refractivity contribution in [3.8, 4) is 0 Å². The highest BCUT2D eigenvalue weighted by molar-refractivity contribution is 5.99.